The van der Waals surface area contributed by atoms with Gasteiger partial charge in [0.15, 0.2) is 0 Å². The second-order valence-corrected chi connectivity index (χ2v) is 14.7. The zero-order chi connectivity index (χ0) is 38.0. The summed E-state index contributed by atoms with van der Waals surface area (Å²) in [5.74, 6) is -0.184. The Morgan fingerprint density at radius 2 is 0.981 bits per heavy atom. The molecule has 6 nitrogen and oxygen atoms in total. The number of rotatable bonds is 39. The number of allylic oxidation sites excluding steroid dienone is 7. The lowest BCUT2D eigenvalue weighted by molar-refractivity contribution is -0.143. The summed E-state index contributed by atoms with van der Waals surface area (Å²) in [7, 11) is 0. The third-order valence-corrected chi connectivity index (χ3v) is 9.58. The van der Waals surface area contributed by atoms with Crippen molar-refractivity contribution < 1.29 is 24.5 Å². The number of amides is 1. The molecular formula is C46H83NO5. The summed E-state index contributed by atoms with van der Waals surface area (Å²) < 4.78 is 5.42. The summed E-state index contributed by atoms with van der Waals surface area (Å²) in [5.41, 5.74) is 0. The Hall–Kier alpha value is -2.18. The van der Waals surface area contributed by atoms with Crippen LogP contribution in [0.15, 0.2) is 48.6 Å². The van der Waals surface area contributed by atoms with Gasteiger partial charge in [0.05, 0.1) is 25.4 Å². The van der Waals surface area contributed by atoms with Gasteiger partial charge >= 0.3 is 5.97 Å². The number of hydrogen-bond acceptors (Lipinski definition) is 5. The van der Waals surface area contributed by atoms with Crippen LogP contribution in [0.4, 0.5) is 0 Å². The van der Waals surface area contributed by atoms with Gasteiger partial charge < -0.3 is 20.3 Å². The second-order valence-electron chi connectivity index (χ2n) is 14.7. The van der Waals surface area contributed by atoms with E-state index in [9.17, 15) is 19.8 Å². The first kappa shape index (κ1) is 49.8. The first-order valence-corrected chi connectivity index (χ1v) is 21.9. The number of carbonyl (C=O) groups excluding carboxylic acids is 2. The normalized spacial score (nSPS) is 13.2. The minimum absolute atomic E-state index is 0.0304. The summed E-state index contributed by atoms with van der Waals surface area (Å²) >= 11 is 0. The van der Waals surface area contributed by atoms with Gasteiger partial charge in [0.1, 0.15) is 0 Å². The molecule has 0 aliphatic carbocycles. The van der Waals surface area contributed by atoms with Gasteiger partial charge in [-0.1, -0.05) is 165 Å². The molecule has 1 amide bonds. The van der Waals surface area contributed by atoms with Crippen molar-refractivity contribution in [2.45, 2.75) is 219 Å². The molecular weight excluding hydrogens is 647 g/mol. The van der Waals surface area contributed by atoms with E-state index in [2.05, 4.69) is 49.5 Å². The van der Waals surface area contributed by atoms with Crippen molar-refractivity contribution in [1.82, 2.24) is 5.32 Å². The maximum absolute atomic E-state index is 12.3. The van der Waals surface area contributed by atoms with Gasteiger partial charge in [-0.25, -0.2) is 0 Å². The first-order chi connectivity index (χ1) is 25.5. The highest BCUT2D eigenvalue weighted by Crippen LogP contribution is 2.12. The van der Waals surface area contributed by atoms with E-state index >= 15 is 0 Å². The average molecular weight is 730 g/mol. The largest absolute Gasteiger partial charge is 0.466 e. The molecule has 52 heavy (non-hydrogen) atoms. The molecule has 0 rings (SSSR count). The average Bonchev–Trinajstić information content (AvgIpc) is 3.14. The van der Waals surface area contributed by atoms with E-state index in [1.807, 2.05) is 12.2 Å². The number of nitrogens with one attached hydrogen (secondary N) is 1. The lowest BCUT2D eigenvalue weighted by Gasteiger charge is -2.19. The minimum atomic E-state index is -0.877. The fourth-order valence-electron chi connectivity index (χ4n) is 6.14. The highest BCUT2D eigenvalue weighted by atomic mass is 16.5. The monoisotopic (exact) mass is 730 g/mol. The number of ether oxygens (including phenoxy) is 1. The summed E-state index contributed by atoms with van der Waals surface area (Å²) in [6, 6.07) is -0.670. The van der Waals surface area contributed by atoms with Crippen LogP contribution in [0.3, 0.4) is 0 Å². The quantitative estimate of drug-likeness (QED) is 0.0332. The van der Waals surface area contributed by atoms with Crippen LogP contribution in [-0.4, -0.2) is 47.4 Å². The van der Waals surface area contributed by atoms with E-state index in [0.29, 0.717) is 25.9 Å². The van der Waals surface area contributed by atoms with Gasteiger partial charge in [0.2, 0.25) is 5.91 Å². The Labute approximate surface area is 321 Å². The molecule has 302 valence electrons. The SMILES string of the molecule is CCCCC/C=C\CCCCCCCC(=O)OCCCCCCCC/C=C\C/C=C\CCC(=O)NC(CO)C(O)/C=C/CCCCCCCCCC. The molecule has 2 unspecified atom stereocenters. The Kier molecular flexibility index (Phi) is 39.8. The molecule has 2 atom stereocenters. The molecule has 0 heterocycles. The highest BCUT2D eigenvalue weighted by Gasteiger charge is 2.17. The van der Waals surface area contributed by atoms with Gasteiger partial charge in [0, 0.05) is 12.8 Å². The maximum atomic E-state index is 12.3. The fraction of sp³-hybridized carbons (Fsp3) is 0.783. The summed E-state index contributed by atoms with van der Waals surface area (Å²) in [4.78, 5) is 24.3. The topological polar surface area (TPSA) is 95.9 Å². The van der Waals surface area contributed by atoms with Crippen molar-refractivity contribution in [1.29, 1.82) is 0 Å². The van der Waals surface area contributed by atoms with Gasteiger partial charge in [-0.05, 0) is 77.0 Å². The lowest BCUT2D eigenvalue weighted by Crippen LogP contribution is -2.45. The van der Waals surface area contributed by atoms with Crippen LogP contribution in [0.1, 0.15) is 206 Å². The maximum Gasteiger partial charge on any atom is 0.305 e. The number of aliphatic hydroxyl groups excluding tert-OH is 2. The van der Waals surface area contributed by atoms with Gasteiger partial charge in [-0.15, -0.1) is 0 Å². The molecule has 0 aromatic carbocycles. The predicted molar refractivity (Wildman–Crippen MR) is 222 cm³/mol. The summed E-state index contributed by atoms with van der Waals surface area (Å²) in [5, 5.41) is 22.8. The van der Waals surface area contributed by atoms with Crippen molar-refractivity contribution in [3.63, 3.8) is 0 Å². The fourth-order valence-corrected chi connectivity index (χ4v) is 6.14. The van der Waals surface area contributed by atoms with E-state index in [1.54, 1.807) is 6.08 Å². The van der Waals surface area contributed by atoms with E-state index in [0.717, 1.165) is 51.4 Å². The Morgan fingerprint density at radius 1 is 0.538 bits per heavy atom. The standard InChI is InChI=1S/C46H83NO5/c1-3-5-7-9-11-13-15-20-24-28-32-36-40-46(51)52-41-37-33-29-25-21-18-16-17-19-23-27-31-35-39-45(50)47-43(42-48)44(49)38-34-30-26-22-14-12-10-8-6-4-2/h11,13,17,19,27,31,34,38,43-44,48-49H,3-10,12,14-16,18,20-26,28-30,32-33,35-37,39-42H2,1-2H3,(H,47,50)/b13-11-,19-17-,31-27-,38-34+. The molecule has 0 saturated carbocycles. The van der Waals surface area contributed by atoms with Crippen LogP contribution in [0.2, 0.25) is 0 Å². The molecule has 3 N–H and O–H groups in total. The van der Waals surface area contributed by atoms with Gasteiger partial charge in [-0.3, -0.25) is 9.59 Å². The molecule has 0 radical (unpaired) electrons. The van der Waals surface area contributed by atoms with Gasteiger partial charge in [-0.2, -0.15) is 0 Å². The third-order valence-electron chi connectivity index (χ3n) is 9.58. The van der Waals surface area contributed by atoms with Crippen molar-refractivity contribution in [3.05, 3.63) is 48.6 Å². The van der Waals surface area contributed by atoms with Gasteiger partial charge in [0.25, 0.3) is 0 Å². The molecule has 0 aliphatic heterocycles. The second kappa shape index (κ2) is 41.6. The van der Waals surface area contributed by atoms with Crippen LogP contribution < -0.4 is 5.32 Å². The smallest absolute Gasteiger partial charge is 0.305 e. The summed E-state index contributed by atoms with van der Waals surface area (Å²) in [6.07, 6.45) is 49.6. The number of esters is 1. The van der Waals surface area contributed by atoms with E-state index in [-0.39, 0.29) is 18.5 Å². The van der Waals surface area contributed by atoms with Crippen LogP contribution in [0, 0.1) is 0 Å². The first-order valence-electron chi connectivity index (χ1n) is 21.9. The van der Waals surface area contributed by atoms with Crippen LogP contribution >= 0.6 is 0 Å². The Balaban J connectivity index is 3.61. The van der Waals surface area contributed by atoms with Crippen molar-refractivity contribution in [3.8, 4) is 0 Å². The van der Waals surface area contributed by atoms with Crippen molar-refractivity contribution in [2.75, 3.05) is 13.2 Å². The van der Waals surface area contributed by atoms with E-state index < -0.39 is 12.1 Å². The highest BCUT2D eigenvalue weighted by molar-refractivity contribution is 5.76. The predicted octanol–water partition coefficient (Wildman–Crippen LogP) is 12.3. The lowest BCUT2D eigenvalue weighted by atomic mass is 10.1. The molecule has 0 fully saturated rings. The minimum Gasteiger partial charge on any atom is -0.466 e. The molecule has 0 bridgehead atoms. The Bertz CT molecular complexity index is 895. The van der Waals surface area contributed by atoms with Crippen LogP contribution in [0.5, 0.6) is 0 Å². The van der Waals surface area contributed by atoms with E-state index in [4.69, 9.17) is 4.74 Å². The van der Waals surface area contributed by atoms with Crippen molar-refractivity contribution >= 4 is 11.9 Å². The molecule has 6 heteroatoms. The van der Waals surface area contributed by atoms with Crippen LogP contribution in [-0.2, 0) is 14.3 Å². The number of aliphatic hydroxyl groups is 2. The zero-order valence-corrected chi connectivity index (χ0v) is 34.0. The molecule has 0 saturated heterocycles. The Morgan fingerprint density at radius 3 is 1.56 bits per heavy atom. The zero-order valence-electron chi connectivity index (χ0n) is 34.0. The molecule has 0 aromatic heterocycles. The van der Waals surface area contributed by atoms with E-state index in [1.165, 1.54) is 122 Å². The molecule has 0 aliphatic rings. The third kappa shape index (κ3) is 37.6. The summed E-state index contributed by atoms with van der Waals surface area (Å²) in [6.45, 7) is 4.76. The number of carbonyl (C=O) groups is 2. The van der Waals surface area contributed by atoms with Crippen molar-refractivity contribution in [2.24, 2.45) is 0 Å². The number of hydrogen-bond donors (Lipinski definition) is 3. The van der Waals surface area contributed by atoms with Crippen LogP contribution in [0.25, 0.3) is 0 Å². The number of unbranched alkanes of at least 4 members (excludes halogenated alkanes) is 22. The molecule has 0 spiro atoms. The molecule has 0 aromatic rings.